The molecule has 0 spiro atoms. The summed E-state index contributed by atoms with van der Waals surface area (Å²) in [6.45, 7) is 0. The van der Waals surface area contributed by atoms with Crippen molar-refractivity contribution in [2.75, 3.05) is 0 Å². The fourth-order valence-corrected chi connectivity index (χ4v) is 3.02. The highest BCUT2D eigenvalue weighted by Gasteiger charge is 2.28. The molecule has 1 fully saturated rings. The molecular weight excluding hydrogens is 342 g/mol. The lowest BCUT2D eigenvalue weighted by atomic mass is 10.1. The first-order valence-electron chi connectivity index (χ1n) is 7.87. The number of nitro benzene ring substituents is 1. The molecule has 1 saturated carbocycles. The first kappa shape index (κ1) is 15.9. The number of nitrogens with zero attached hydrogens (tertiary/aromatic N) is 3. The van der Waals surface area contributed by atoms with Gasteiger partial charge in [0.25, 0.3) is 5.69 Å². The molecule has 0 amide bonds. The summed E-state index contributed by atoms with van der Waals surface area (Å²) in [6, 6.07) is 6.35. The molecule has 0 bridgehead atoms. The van der Waals surface area contributed by atoms with Crippen LogP contribution in [0.1, 0.15) is 18.9 Å². The molecule has 0 unspecified atom stereocenters. The Hall–Kier alpha value is -3.62. The third kappa shape index (κ3) is 2.59. The molecule has 1 aromatic carbocycles. The van der Waals surface area contributed by atoms with E-state index in [1.807, 2.05) is 0 Å². The molecule has 2 aromatic heterocycles. The first-order chi connectivity index (χ1) is 12.5. The zero-order chi connectivity index (χ0) is 18.4. The summed E-state index contributed by atoms with van der Waals surface area (Å²) in [5.41, 5.74) is -0.111. The molecule has 1 N–H and O–H groups in total. The van der Waals surface area contributed by atoms with Crippen LogP contribution in [-0.4, -0.2) is 25.3 Å². The molecule has 4 rings (SSSR count). The number of hydrogen-bond acceptors (Lipinski definition) is 5. The minimum Gasteiger partial charge on any atom is -0.449 e. The van der Waals surface area contributed by atoms with Crippen molar-refractivity contribution >= 4 is 22.7 Å². The number of pyridine rings is 1. The van der Waals surface area contributed by atoms with Crippen molar-refractivity contribution in [1.82, 2.24) is 9.13 Å². The number of carboxylic acid groups (broad SMARTS) is 1. The van der Waals surface area contributed by atoms with Crippen LogP contribution >= 0.6 is 0 Å². The summed E-state index contributed by atoms with van der Waals surface area (Å²) in [6.07, 6.45) is 4.86. The van der Waals surface area contributed by atoms with Crippen LogP contribution in [0.3, 0.4) is 0 Å². The molecule has 132 valence electrons. The van der Waals surface area contributed by atoms with Crippen LogP contribution in [0, 0.1) is 10.1 Å². The maximum atomic E-state index is 12.6. The van der Waals surface area contributed by atoms with Crippen molar-refractivity contribution in [1.29, 1.82) is 0 Å². The van der Waals surface area contributed by atoms with E-state index in [2.05, 4.69) is 4.74 Å². The number of rotatable bonds is 4. The second-order valence-corrected chi connectivity index (χ2v) is 6.03. The van der Waals surface area contributed by atoms with E-state index in [9.17, 15) is 19.7 Å². The Labute approximate surface area is 145 Å². The minimum absolute atomic E-state index is 0.0539. The zero-order valence-corrected chi connectivity index (χ0v) is 13.4. The molecular formula is C17H13N3O6. The van der Waals surface area contributed by atoms with E-state index in [1.165, 1.54) is 12.3 Å². The van der Waals surface area contributed by atoms with Crippen molar-refractivity contribution in [3.63, 3.8) is 0 Å². The van der Waals surface area contributed by atoms with Crippen molar-refractivity contribution in [3.8, 4) is 11.4 Å². The predicted molar refractivity (Wildman–Crippen MR) is 91.1 cm³/mol. The monoisotopic (exact) mass is 355 g/mol. The average Bonchev–Trinajstić information content (AvgIpc) is 3.29. The van der Waals surface area contributed by atoms with Crippen molar-refractivity contribution in [2.45, 2.75) is 18.9 Å². The van der Waals surface area contributed by atoms with Gasteiger partial charge in [0.05, 0.1) is 22.0 Å². The Morgan fingerprint density at radius 1 is 1.27 bits per heavy atom. The third-order valence-electron chi connectivity index (χ3n) is 4.31. The molecule has 9 heteroatoms. The Balaban J connectivity index is 2.06. The molecule has 1 aliphatic rings. The van der Waals surface area contributed by atoms with Crippen LogP contribution in [0.4, 0.5) is 10.5 Å². The summed E-state index contributed by atoms with van der Waals surface area (Å²) in [5.74, 6) is -0.361. The van der Waals surface area contributed by atoms with Gasteiger partial charge in [0.1, 0.15) is 5.69 Å². The molecule has 9 nitrogen and oxygen atoms in total. The number of hydrogen-bond donors (Lipinski definition) is 1. The Morgan fingerprint density at radius 2 is 1.96 bits per heavy atom. The van der Waals surface area contributed by atoms with Crippen LogP contribution in [0.25, 0.3) is 16.6 Å². The van der Waals surface area contributed by atoms with Gasteiger partial charge >= 0.3 is 6.16 Å². The fourth-order valence-electron chi connectivity index (χ4n) is 3.02. The number of benzene rings is 1. The molecule has 1 aliphatic carbocycles. The van der Waals surface area contributed by atoms with Crippen molar-refractivity contribution in [2.24, 2.45) is 0 Å². The summed E-state index contributed by atoms with van der Waals surface area (Å²) >= 11 is 0. The summed E-state index contributed by atoms with van der Waals surface area (Å²) < 4.78 is 7.94. The lowest BCUT2D eigenvalue weighted by molar-refractivity contribution is -0.384. The highest BCUT2D eigenvalue weighted by atomic mass is 16.7. The summed E-state index contributed by atoms with van der Waals surface area (Å²) in [4.78, 5) is 34.4. The normalized spacial score (nSPS) is 13.7. The molecule has 0 radical (unpaired) electrons. The smallest absolute Gasteiger partial charge is 0.449 e. The molecule has 2 heterocycles. The third-order valence-corrected chi connectivity index (χ3v) is 4.31. The van der Waals surface area contributed by atoms with Gasteiger partial charge in [0.15, 0.2) is 5.75 Å². The maximum absolute atomic E-state index is 12.6. The van der Waals surface area contributed by atoms with E-state index in [4.69, 9.17) is 5.11 Å². The van der Waals surface area contributed by atoms with Gasteiger partial charge in [-0.25, -0.2) is 4.79 Å². The number of ether oxygens (including phenoxy) is 1. The van der Waals surface area contributed by atoms with E-state index in [-0.39, 0.29) is 22.9 Å². The van der Waals surface area contributed by atoms with E-state index >= 15 is 0 Å². The molecule has 0 saturated heterocycles. The van der Waals surface area contributed by atoms with Crippen LogP contribution in [0.2, 0.25) is 0 Å². The van der Waals surface area contributed by atoms with Gasteiger partial charge in [0.2, 0.25) is 5.43 Å². The first-order valence-corrected chi connectivity index (χ1v) is 7.87. The lowest BCUT2D eigenvalue weighted by Crippen LogP contribution is -2.16. The van der Waals surface area contributed by atoms with Crippen LogP contribution < -0.4 is 10.2 Å². The van der Waals surface area contributed by atoms with Gasteiger partial charge < -0.3 is 19.0 Å². The second-order valence-electron chi connectivity index (χ2n) is 6.03. The van der Waals surface area contributed by atoms with Crippen LogP contribution in [-0.2, 0) is 0 Å². The van der Waals surface area contributed by atoms with Crippen molar-refractivity contribution in [3.05, 3.63) is 63.2 Å². The molecule has 0 aliphatic heterocycles. The zero-order valence-electron chi connectivity index (χ0n) is 13.4. The van der Waals surface area contributed by atoms with Gasteiger partial charge in [-0.3, -0.25) is 14.9 Å². The fraction of sp³-hybridized carbons (Fsp3) is 0.176. The van der Waals surface area contributed by atoms with E-state index in [1.54, 1.807) is 39.7 Å². The summed E-state index contributed by atoms with van der Waals surface area (Å²) in [7, 11) is 0. The van der Waals surface area contributed by atoms with Gasteiger partial charge in [-0.05, 0) is 31.0 Å². The highest BCUT2D eigenvalue weighted by Crippen LogP contribution is 2.39. The van der Waals surface area contributed by atoms with Crippen LogP contribution in [0.5, 0.6) is 5.75 Å². The highest BCUT2D eigenvalue weighted by molar-refractivity contribution is 5.87. The second kappa shape index (κ2) is 5.73. The molecule has 0 atom stereocenters. The van der Waals surface area contributed by atoms with E-state index in [0.717, 1.165) is 12.8 Å². The molecule has 26 heavy (non-hydrogen) atoms. The van der Waals surface area contributed by atoms with Gasteiger partial charge in [-0.2, -0.15) is 0 Å². The number of aromatic nitrogens is 2. The topological polar surface area (TPSA) is 117 Å². The minimum atomic E-state index is -1.61. The number of carbonyl (C=O) groups is 1. The Morgan fingerprint density at radius 3 is 2.54 bits per heavy atom. The number of nitro groups is 1. The van der Waals surface area contributed by atoms with Gasteiger partial charge in [-0.1, -0.05) is 0 Å². The number of fused-ring (bicyclic) bond motifs is 1. The van der Waals surface area contributed by atoms with E-state index in [0.29, 0.717) is 11.2 Å². The predicted octanol–water partition coefficient (Wildman–Crippen LogP) is 3.09. The van der Waals surface area contributed by atoms with Gasteiger partial charge in [-0.15, -0.1) is 0 Å². The molecule has 3 aromatic rings. The Kier molecular flexibility index (Phi) is 3.50. The SMILES string of the molecule is O=C(O)Oc1cn(C2CC2)c2cc(-n3cccc3)c([N+](=O)[O-])cc2c1=O. The standard InChI is InChI=1S/C17H13N3O6/c21-16-11-7-14(20(24)25)13(18-5-1-2-6-18)8-12(11)19(10-3-4-10)9-15(16)26-17(22)23/h1-2,5-10H,3-4H2,(H,22,23). The maximum Gasteiger partial charge on any atom is 0.511 e. The quantitative estimate of drug-likeness (QED) is 0.437. The average molecular weight is 355 g/mol. The summed E-state index contributed by atoms with van der Waals surface area (Å²) in [5, 5.41) is 20.4. The largest absolute Gasteiger partial charge is 0.511 e. The van der Waals surface area contributed by atoms with Gasteiger partial charge in [0, 0.05) is 24.5 Å². The van der Waals surface area contributed by atoms with E-state index < -0.39 is 16.5 Å². The lowest BCUT2D eigenvalue weighted by Gasteiger charge is -2.14. The van der Waals surface area contributed by atoms with Crippen molar-refractivity contribution < 1.29 is 19.6 Å². The Bertz CT molecular complexity index is 1100. The van der Waals surface area contributed by atoms with Crippen LogP contribution in [0.15, 0.2) is 47.7 Å².